The molecule has 0 aromatic heterocycles. The molecular weight excluding hydrogens is 552 g/mol. The minimum atomic E-state index is -1.23. The van der Waals surface area contributed by atoms with Crippen molar-refractivity contribution in [2.75, 3.05) is 5.32 Å². The molecule has 0 bridgehead atoms. The second-order valence-corrected chi connectivity index (χ2v) is 10.5. The van der Waals surface area contributed by atoms with E-state index in [0.717, 1.165) is 11.1 Å². The molecule has 0 aliphatic carbocycles. The monoisotopic (exact) mass is 586 g/mol. The first-order valence-corrected chi connectivity index (χ1v) is 13.9. The Bertz CT molecular complexity index is 1460. The number of nitrogens with one attached hydrogen (secondary N) is 3. The second kappa shape index (κ2) is 14.1. The summed E-state index contributed by atoms with van der Waals surface area (Å²) in [5.74, 6) is -2.61. The Balaban J connectivity index is 1.37. The second-order valence-electron chi connectivity index (χ2n) is 10.5. The third kappa shape index (κ3) is 8.65. The molecule has 11 nitrogen and oxygen atoms in total. The van der Waals surface area contributed by atoms with Crippen molar-refractivity contribution in [1.29, 1.82) is 0 Å². The largest absolute Gasteiger partial charge is 0.508 e. The zero-order chi connectivity index (χ0) is 30.9. The Morgan fingerprint density at radius 1 is 0.837 bits per heavy atom. The summed E-state index contributed by atoms with van der Waals surface area (Å²) in [6, 6.07) is 19.3. The van der Waals surface area contributed by atoms with Crippen molar-refractivity contribution < 1.29 is 34.2 Å². The number of anilines is 1. The lowest BCUT2D eigenvalue weighted by atomic mass is 10.0. The molecule has 0 saturated carbocycles. The number of aliphatic carboxylic acids is 1. The first kappa shape index (κ1) is 30.8. The van der Waals surface area contributed by atoms with Gasteiger partial charge < -0.3 is 31.1 Å². The van der Waals surface area contributed by atoms with Crippen LogP contribution in [-0.2, 0) is 43.4 Å². The highest BCUT2D eigenvalue weighted by atomic mass is 16.4. The number of carboxylic acids is 1. The summed E-state index contributed by atoms with van der Waals surface area (Å²) in [6.07, 6.45) is 0.723. The van der Waals surface area contributed by atoms with Gasteiger partial charge in [-0.1, -0.05) is 54.6 Å². The van der Waals surface area contributed by atoms with E-state index >= 15 is 0 Å². The summed E-state index contributed by atoms with van der Waals surface area (Å²) in [7, 11) is 0. The van der Waals surface area contributed by atoms with Crippen LogP contribution in [0.15, 0.2) is 78.9 Å². The molecule has 3 aromatic carbocycles. The van der Waals surface area contributed by atoms with Crippen molar-refractivity contribution in [3.05, 3.63) is 95.6 Å². The minimum Gasteiger partial charge on any atom is -0.508 e. The summed E-state index contributed by atoms with van der Waals surface area (Å²) in [4.78, 5) is 63.8. The van der Waals surface area contributed by atoms with Crippen LogP contribution in [0.1, 0.15) is 36.5 Å². The minimum absolute atomic E-state index is 0.00990. The number of carbonyl (C=O) groups excluding carboxylic acids is 4. The van der Waals surface area contributed by atoms with E-state index < -0.39 is 35.9 Å². The predicted molar refractivity (Wildman–Crippen MR) is 158 cm³/mol. The van der Waals surface area contributed by atoms with Gasteiger partial charge in [0, 0.05) is 38.4 Å². The molecule has 1 aliphatic rings. The van der Waals surface area contributed by atoms with E-state index in [1.807, 2.05) is 30.3 Å². The first-order chi connectivity index (χ1) is 20.6. The van der Waals surface area contributed by atoms with Gasteiger partial charge in [0.25, 0.3) is 0 Å². The third-order valence-electron chi connectivity index (χ3n) is 7.17. The van der Waals surface area contributed by atoms with Crippen LogP contribution < -0.4 is 16.0 Å². The van der Waals surface area contributed by atoms with Gasteiger partial charge in [-0.25, -0.2) is 4.79 Å². The number of phenolic OH excluding ortho intramolecular Hbond substituents is 1. The number of likely N-dealkylation sites (tertiary alicyclic amines) is 1. The number of benzene rings is 3. The van der Waals surface area contributed by atoms with Gasteiger partial charge in [-0.3, -0.25) is 19.2 Å². The van der Waals surface area contributed by atoms with E-state index in [-0.39, 0.29) is 43.4 Å². The third-order valence-corrected chi connectivity index (χ3v) is 7.17. The summed E-state index contributed by atoms with van der Waals surface area (Å²) < 4.78 is 0. The standard InChI is InChI=1S/C32H34N4O7/c1-20(37)33-26(17-22-9-13-25(38)14-10-22)30(40)34-24-11-7-21(8-12-24)18-27(32(42)43)35-31(41)28-15-16-29(39)36(28)19-23-5-3-2-4-6-23/h2-14,26-28,38H,15-19H2,1H3,(H,33,37)(H,34,40)(H,35,41)(H,42,43)/t26-,27-,28-/m0/s1. The molecule has 3 atom stereocenters. The van der Waals surface area contributed by atoms with Gasteiger partial charge in [0.1, 0.15) is 23.9 Å². The topological polar surface area (TPSA) is 165 Å². The van der Waals surface area contributed by atoms with Gasteiger partial charge >= 0.3 is 5.97 Å². The van der Waals surface area contributed by atoms with E-state index in [9.17, 15) is 34.2 Å². The molecule has 4 amide bonds. The van der Waals surface area contributed by atoms with Crippen LogP contribution in [0.2, 0.25) is 0 Å². The van der Waals surface area contributed by atoms with E-state index in [4.69, 9.17) is 0 Å². The molecule has 3 aromatic rings. The van der Waals surface area contributed by atoms with Crippen LogP contribution in [-0.4, -0.2) is 62.8 Å². The lowest BCUT2D eigenvalue weighted by Crippen LogP contribution is -2.50. The van der Waals surface area contributed by atoms with Crippen LogP contribution in [0.3, 0.4) is 0 Å². The van der Waals surface area contributed by atoms with Gasteiger partial charge in [0.2, 0.25) is 23.6 Å². The smallest absolute Gasteiger partial charge is 0.326 e. The number of hydrogen-bond donors (Lipinski definition) is 5. The number of phenols is 1. The molecule has 1 aliphatic heterocycles. The van der Waals surface area contributed by atoms with Gasteiger partial charge in [0.15, 0.2) is 0 Å². The molecule has 5 N–H and O–H groups in total. The molecular formula is C32H34N4O7. The molecule has 1 heterocycles. The number of aromatic hydroxyl groups is 1. The molecule has 11 heteroatoms. The van der Waals surface area contributed by atoms with Gasteiger partial charge in [-0.2, -0.15) is 0 Å². The van der Waals surface area contributed by atoms with E-state index in [1.54, 1.807) is 36.4 Å². The average molecular weight is 587 g/mol. The summed E-state index contributed by atoms with van der Waals surface area (Å²) >= 11 is 0. The maximum absolute atomic E-state index is 13.1. The Morgan fingerprint density at radius 3 is 2.05 bits per heavy atom. The maximum Gasteiger partial charge on any atom is 0.326 e. The highest BCUT2D eigenvalue weighted by Crippen LogP contribution is 2.22. The zero-order valence-corrected chi connectivity index (χ0v) is 23.7. The molecule has 224 valence electrons. The zero-order valence-electron chi connectivity index (χ0n) is 23.7. The summed E-state index contributed by atoms with van der Waals surface area (Å²) in [6.45, 7) is 1.58. The summed E-state index contributed by atoms with van der Waals surface area (Å²) in [5.41, 5.74) is 2.67. The molecule has 1 saturated heterocycles. The van der Waals surface area contributed by atoms with Gasteiger partial charge in [-0.15, -0.1) is 0 Å². The highest BCUT2D eigenvalue weighted by molar-refractivity contribution is 5.97. The average Bonchev–Trinajstić information content (AvgIpc) is 3.34. The van der Waals surface area contributed by atoms with Crippen LogP contribution in [0.4, 0.5) is 5.69 Å². The van der Waals surface area contributed by atoms with Crippen LogP contribution in [0, 0.1) is 0 Å². The molecule has 0 spiro atoms. The fraction of sp³-hybridized carbons (Fsp3) is 0.281. The Morgan fingerprint density at radius 2 is 1.44 bits per heavy atom. The number of hydrogen-bond acceptors (Lipinski definition) is 6. The first-order valence-electron chi connectivity index (χ1n) is 13.9. The number of nitrogens with zero attached hydrogens (tertiary/aromatic N) is 1. The van der Waals surface area contributed by atoms with E-state index in [2.05, 4.69) is 16.0 Å². The van der Waals surface area contributed by atoms with Crippen molar-refractivity contribution in [1.82, 2.24) is 15.5 Å². The number of carboxylic acid groups (broad SMARTS) is 1. The number of carbonyl (C=O) groups is 5. The quantitative estimate of drug-likeness (QED) is 0.217. The van der Waals surface area contributed by atoms with Crippen molar-refractivity contribution in [2.45, 2.75) is 57.3 Å². The van der Waals surface area contributed by atoms with Crippen molar-refractivity contribution in [3.63, 3.8) is 0 Å². The fourth-order valence-electron chi connectivity index (χ4n) is 4.96. The van der Waals surface area contributed by atoms with E-state index in [1.165, 1.54) is 24.0 Å². The molecule has 0 radical (unpaired) electrons. The normalized spacial score (nSPS) is 15.8. The Labute approximate surface area is 248 Å². The van der Waals surface area contributed by atoms with Gasteiger partial charge in [-0.05, 0) is 47.4 Å². The van der Waals surface area contributed by atoms with Crippen molar-refractivity contribution in [2.24, 2.45) is 0 Å². The maximum atomic E-state index is 13.1. The van der Waals surface area contributed by atoms with Crippen LogP contribution >= 0.6 is 0 Å². The van der Waals surface area contributed by atoms with Crippen molar-refractivity contribution >= 4 is 35.3 Å². The van der Waals surface area contributed by atoms with E-state index in [0.29, 0.717) is 17.7 Å². The van der Waals surface area contributed by atoms with Crippen LogP contribution in [0.25, 0.3) is 0 Å². The molecule has 1 fully saturated rings. The molecule has 0 unspecified atom stereocenters. The predicted octanol–water partition coefficient (Wildman–Crippen LogP) is 2.38. The summed E-state index contributed by atoms with van der Waals surface area (Å²) in [5, 5.41) is 27.3. The molecule has 43 heavy (non-hydrogen) atoms. The molecule has 4 rings (SSSR count). The highest BCUT2D eigenvalue weighted by Gasteiger charge is 2.37. The SMILES string of the molecule is CC(=O)N[C@@H](Cc1ccc(O)cc1)C(=O)Nc1ccc(C[C@H](NC(=O)[C@@H]2CCC(=O)N2Cc2ccccc2)C(=O)O)cc1. The number of amides is 4. The van der Waals surface area contributed by atoms with Gasteiger partial charge in [0.05, 0.1) is 0 Å². The fourth-order valence-corrected chi connectivity index (χ4v) is 4.96. The number of rotatable bonds is 12. The lowest BCUT2D eigenvalue weighted by Gasteiger charge is -2.26. The lowest BCUT2D eigenvalue weighted by molar-refractivity contribution is -0.143. The van der Waals surface area contributed by atoms with Crippen molar-refractivity contribution in [3.8, 4) is 5.75 Å². The Kier molecular flexibility index (Phi) is 10.1. The Hall–Kier alpha value is -5.19. The van der Waals surface area contributed by atoms with Crippen LogP contribution in [0.5, 0.6) is 5.75 Å².